The Morgan fingerprint density at radius 1 is 1.45 bits per heavy atom. The number of halogens is 3. The lowest BCUT2D eigenvalue weighted by Crippen LogP contribution is -2.48. The number of alkyl halides is 3. The van der Waals surface area contributed by atoms with Crippen LogP contribution in [0, 0.1) is 0 Å². The van der Waals surface area contributed by atoms with Crippen molar-refractivity contribution in [3.05, 3.63) is 29.8 Å². The van der Waals surface area contributed by atoms with Crippen LogP contribution in [0.5, 0.6) is 5.75 Å². The first-order valence-corrected chi connectivity index (χ1v) is 6.87. The Hall–Kier alpha value is -1.80. The third-order valence-corrected chi connectivity index (χ3v) is 3.05. The van der Waals surface area contributed by atoms with Crippen molar-refractivity contribution < 1.29 is 27.4 Å². The highest BCUT2D eigenvalue weighted by Crippen LogP contribution is 2.31. The number of morpholine rings is 1. The van der Waals surface area contributed by atoms with Crippen molar-refractivity contribution in [3.63, 3.8) is 0 Å². The van der Waals surface area contributed by atoms with E-state index in [-0.39, 0.29) is 24.8 Å². The van der Waals surface area contributed by atoms with Gasteiger partial charge < -0.3 is 20.1 Å². The van der Waals surface area contributed by atoms with E-state index in [9.17, 15) is 18.0 Å². The zero-order valence-corrected chi connectivity index (χ0v) is 11.8. The average Bonchev–Trinajstić information content (AvgIpc) is 2.52. The van der Waals surface area contributed by atoms with Gasteiger partial charge in [-0.05, 0) is 18.2 Å². The van der Waals surface area contributed by atoms with Crippen molar-refractivity contribution in [2.45, 2.75) is 12.3 Å². The van der Waals surface area contributed by atoms with Crippen molar-refractivity contribution in [1.29, 1.82) is 0 Å². The summed E-state index contributed by atoms with van der Waals surface area (Å²) in [7, 11) is 0. The molecule has 22 heavy (non-hydrogen) atoms. The van der Waals surface area contributed by atoms with E-state index >= 15 is 0 Å². The molecule has 1 heterocycles. The van der Waals surface area contributed by atoms with Gasteiger partial charge in [-0.1, -0.05) is 6.07 Å². The number of amides is 1. The fraction of sp³-hybridized carbons (Fsp3) is 0.500. The standard InChI is InChI=1S/C14H17F3N2O3/c15-14(16,17)10-2-1-3-11(8-10)21-7-5-19-13(20)12-9-18-4-6-22-12/h1-3,8,12,18H,4-7,9H2,(H,19,20). The molecule has 1 unspecified atom stereocenters. The first kappa shape index (κ1) is 16.6. The molecule has 1 amide bonds. The van der Waals surface area contributed by atoms with Crippen molar-refractivity contribution in [2.24, 2.45) is 0 Å². The van der Waals surface area contributed by atoms with Gasteiger partial charge in [0.2, 0.25) is 0 Å². The van der Waals surface area contributed by atoms with Gasteiger partial charge in [-0.2, -0.15) is 13.2 Å². The average molecular weight is 318 g/mol. The minimum atomic E-state index is -4.40. The van der Waals surface area contributed by atoms with Gasteiger partial charge in [-0.25, -0.2) is 0 Å². The monoisotopic (exact) mass is 318 g/mol. The lowest BCUT2D eigenvalue weighted by molar-refractivity contribution is -0.137. The number of benzene rings is 1. The quantitative estimate of drug-likeness (QED) is 0.801. The minimum absolute atomic E-state index is 0.0766. The zero-order valence-electron chi connectivity index (χ0n) is 11.8. The van der Waals surface area contributed by atoms with Gasteiger partial charge in [-0.15, -0.1) is 0 Å². The minimum Gasteiger partial charge on any atom is -0.492 e. The molecule has 0 aliphatic carbocycles. The van der Waals surface area contributed by atoms with Crippen LogP contribution in [0.4, 0.5) is 13.2 Å². The van der Waals surface area contributed by atoms with Crippen LogP contribution < -0.4 is 15.4 Å². The van der Waals surface area contributed by atoms with E-state index in [0.717, 1.165) is 12.1 Å². The second-order valence-electron chi connectivity index (χ2n) is 4.73. The number of hydrogen-bond acceptors (Lipinski definition) is 4. The highest BCUT2D eigenvalue weighted by atomic mass is 19.4. The van der Waals surface area contributed by atoms with Crippen LogP contribution in [0.3, 0.4) is 0 Å². The van der Waals surface area contributed by atoms with Gasteiger partial charge >= 0.3 is 6.18 Å². The summed E-state index contributed by atoms with van der Waals surface area (Å²) < 4.78 is 48.1. The van der Waals surface area contributed by atoms with E-state index in [0.29, 0.717) is 19.7 Å². The number of ether oxygens (including phenoxy) is 2. The van der Waals surface area contributed by atoms with Gasteiger partial charge in [0.25, 0.3) is 5.91 Å². The van der Waals surface area contributed by atoms with Crippen molar-refractivity contribution >= 4 is 5.91 Å². The van der Waals surface area contributed by atoms with E-state index < -0.39 is 17.8 Å². The summed E-state index contributed by atoms with van der Waals surface area (Å²) in [4.78, 5) is 11.7. The molecule has 2 N–H and O–H groups in total. The van der Waals surface area contributed by atoms with E-state index in [1.165, 1.54) is 12.1 Å². The van der Waals surface area contributed by atoms with Crippen LogP contribution in [0.25, 0.3) is 0 Å². The summed E-state index contributed by atoms with van der Waals surface area (Å²) in [6.45, 7) is 1.89. The first-order valence-electron chi connectivity index (χ1n) is 6.87. The molecule has 8 heteroatoms. The van der Waals surface area contributed by atoms with Crippen LogP contribution >= 0.6 is 0 Å². The second-order valence-corrected chi connectivity index (χ2v) is 4.73. The summed E-state index contributed by atoms with van der Waals surface area (Å²) in [5.41, 5.74) is -0.768. The maximum Gasteiger partial charge on any atom is 0.416 e. The Bertz CT molecular complexity index is 502. The van der Waals surface area contributed by atoms with Crippen LogP contribution in [-0.4, -0.2) is 44.9 Å². The molecule has 5 nitrogen and oxygen atoms in total. The summed E-state index contributed by atoms with van der Waals surface area (Å²) in [6, 6.07) is 4.61. The lowest BCUT2D eigenvalue weighted by atomic mass is 10.2. The highest BCUT2D eigenvalue weighted by Gasteiger charge is 2.30. The van der Waals surface area contributed by atoms with E-state index in [2.05, 4.69) is 10.6 Å². The van der Waals surface area contributed by atoms with Gasteiger partial charge in [0.05, 0.1) is 18.7 Å². The first-order chi connectivity index (χ1) is 10.5. The van der Waals surface area contributed by atoms with Gasteiger partial charge in [-0.3, -0.25) is 4.79 Å². The molecule has 1 aromatic carbocycles. The zero-order chi connectivity index (χ0) is 16.0. The predicted octanol–water partition coefficient (Wildman–Crippen LogP) is 1.19. The third kappa shape index (κ3) is 4.88. The molecular formula is C14H17F3N2O3. The smallest absolute Gasteiger partial charge is 0.416 e. The molecule has 0 aromatic heterocycles. The Morgan fingerprint density at radius 3 is 2.95 bits per heavy atom. The van der Waals surface area contributed by atoms with Gasteiger partial charge in [0, 0.05) is 13.1 Å². The van der Waals surface area contributed by atoms with Gasteiger partial charge in [0.1, 0.15) is 18.5 Å². The molecule has 1 aliphatic heterocycles. The molecule has 2 rings (SSSR count). The fourth-order valence-electron chi connectivity index (χ4n) is 1.95. The maximum absolute atomic E-state index is 12.5. The molecule has 1 atom stereocenters. The lowest BCUT2D eigenvalue weighted by Gasteiger charge is -2.22. The summed E-state index contributed by atoms with van der Waals surface area (Å²) in [5, 5.41) is 5.65. The van der Waals surface area contributed by atoms with E-state index in [1.54, 1.807) is 0 Å². The third-order valence-electron chi connectivity index (χ3n) is 3.05. The molecule has 0 radical (unpaired) electrons. The number of hydrogen-bond donors (Lipinski definition) is 2. The van der Waals surface area contributed by atoms with E-state index in [4.69, 9.17) is 9.47 Å². The topological polar surface area (TPSA) is 59.6 Å². The largest absolute Gasteiger partial charge is 0.492 e. The SMILES string of the molecule is O=C(NCCOc1cccc(C(F)(F)F)c1)C1CNCCO1. The molecule has 1 aliphatic rings. The summed E-state index contributed by atoms with van der Waals surface area (Å²) in [6.07, 6.45) is -4.94. The van der Waals surface area contributed by atoms with Crippen LogP contribution in [0.2, 0.25) is 0 Å². The molecular weight excluding hydrogens is 301 g/mol. The van der Waals surface area contributed by atoms with Crippen LogP contribution in [0.15, 0.2) is 24.3 Å². The molecule has 1 saturated heterocycles. The number of rotatable bonds is 5. The Kier molecular flexibility index (Phi) is 5.62. The fourth-order valence-corrected chi connectivity index (χ4v) is 1.95. The van der Waals surface area contributed by atoms with Crippen LogP contribution in [0.1, 0.15) is 5.56 Å². The summed E-state index contributed by atoms with van der Waals surface area (Å²) >= 11 is 0. The number of carbonyl (C=O) groups is 1. The molecule has 0 bridgehead atoms. The van der Waals surface area contributed by atoms with Crippen molar-refractivity contribution in [3.8, 4) is 5.75 Å². The Labute approximate surface area is 125 Å². The predicted molar refractivity (Wildman–Crippen MR) is 72.6 cm³/mol. The molecule has 1 aromatic rings. The van der Waals surface area contributed by atoms with Crippen LogP contribution in [-0.2, 0) is 15.7 Å². The number of carbonyl (C=O) groups excluding carboxylic acids is 1. The van der Waals surface area contributed by atoms with Crippen molar-refractivity contribution in [2.75, 3.05) is 32.8 Å². The van der Waals surface area contributed by atoms with Gasteiger partial charge in [0.15, 0.2) is 0 Å². The molecule has 1 fully saturated rings. The highest BCUT2D eigenvalue weighted by molar-refractivity contribution is 5.81. The maximum atomic E-state index is 12.5. The molecule has 0 saturated carbocycles. The Balaban J connectivity index is 1.73. The number of nitrogens with one attached hydrogen (secondary N) is 2. The second kappa shape index (κ2) is 7.46. The van der Waals surface area contributed by atoms with Crippen molar-refractivity contribution in [1.82, 2.24) is 10.6 Å². The normalized spacial score (nSPS) is 18.8. The summed E-state index contributed by atoms with van der Waals surface area (Å²) in [5.74, 6) is -0.153. The molecule has 0 spiro atoms. The van der Waals surface area contributed by atoms with E-state index in [1.807, 2.05) is 0 Å². The molecule has 122 valence electrons. The Morgan fingerprint density at radius 2 is 2.27 bits per heavy atom.